The summed E-state index contributed by atoms with van der Waals surface area (Å²) >= 11 is 0. The average molecular weight is 258 g/mol. The van der Waals surface area contributed by atoms with E-state index in [0.717, 1.165) is 15.9 Å². The molecule has 0 aliphatic carbocycles. The van der Waals surface area contributed by atoms with Gasteiger partial charge in [0.25, 0.3) is 0 Å². The lowest BCUT2D eigenvalue weighted by molar-refractivity contribution is -0.606. The van der Waals surface area contributed by atoms with Gasteiger partial charge >= 0.3 is 0 Å². The van der Waals surface area contributed by atoms with Crippen LogP contribution in [0.5, 0.6) is 0 Å². The molecule has 0 saturated carbocycles. The molecular weight excluding hydrogens is 236 g/mol. The van der Waals surface area contributed by atoms with E-state index >= 15 is 0 Å². The summed E-state index contributed by atoms with van der Waals surface area (Å²) in [6, 6.07) is 0. The summed E-state index contributed by atoms with van der Waals surface area (Å²) in [5.74, 6) is 0. The molecule has 0 N–H and O–H groups in total. The molecule has 3 heteroatoms. The van der Waals surface area contributed by atoms with Gasteiger partial charge < -0.3 is 5.21 Å². The minimum absolute atomic E-state index is 0.845. The van der Waals surface area contributed by atoms with Crippen LogP contribution in [-0.4, -0.2) is 4.98 Å². The summed E-state index contributed by atoms with van der Waals surface area (Å²) < 4.78 is 0.845. The van der Waals surface area contributed by atoms with Crippen molar-refractivity contribution in [2.45, 2.75) is 41.5 Å². The highest BCUT2D eigenvalue weighted by atomic mass is 16.5. The van der Waals surface area contributed by atoms with Crippen LogP contribution in [0.2, 0.25) is 0 Å². The van der Waals surface area contributed by atoms with Gasteiger partial charge in [-0.2, -0.15) is 4.73 Å². The Balaban J connectivity index is 0.000000191. The van der Waals surface area contributed by atoms with Gasteiger partial charge in [0.2, 0.25) is 0 Å². The lowest BCUT2D eigenvalue weighted by atomic mass is 10.1. The van der Waals surface area contributed by atoms with E-state index in [1.165, 1.54) is 22.3 Å². The van der Waals surface area contributed by atoms with Crippen molar-refractivity contribution < 1.29 is 4.73 Å². The second-order valence-corrected chi connectivity index (χ2v) is 5.01. The maximum absolute atomic E-state index is 10.8. The number of rotatable bonds is 0. The molecule has 3 nitrogen and oxygen atoms in total. The van der Waals surface area contributed by atoms with Crippen LogP contribution in [0.3, 0.4) is 0 Å². The zero-order valence-electron chi connectivity index (χ0n) is 12.6. The fourth-order valence-corrected chi connectivity index (χ4v) is 1.69. The summed E-state index contributed by atoms with van der Waals surface area (Å²) in [6.45, 7) is 12.2. The van der Waals surface area contributed by atoms with E-state index in [0.29, 0.717) is 0 Å². The highest BCUT2D eigenvalue weighted by Gasteiger charge is 2.00. The normalized spacial score (nSPS) is 9.79. The molecule has 0 unspecified atom stereocenters. The topological polar surface area (TPSA) is 39.8 Å². The van der Waals surface area contributed by atoms with Gasteiger partial charge in [0.1, 0.15) is 0 Å². The van der Waals surface area contributed by atoms with Crippen molar-refractivity contribution in [2.75, 3.05) is 0 Å². The Morgan fingerprint density at radius 2 is 1.11 bits per heavy atom. The van der Waals surface area contributed by atoms with Gasteiger partial charge in [-0.05, 0) is 63.8 Å². The Bertz CT molecular complexity index is 534. The molecule has 0 aliphatic heterocycles. The predicted octanol–water partition coefficient (Wildman–Crippen LogP) is 3.25. The molecule has 102 valence electrons. The van der Waals surface area contributed by atoms with Gasteiger partial charge in [-0.25, -0.2) is 0 Å². The summed E-state index contributed by atoms with van der Waals surface area (Å²) in [5.41, 5.74) is 7.20. The molecule has 0 radical (unpaired) electrons. The van der Waals surface area contributed by atoms with Gasteiger partial charge in [0.05, 0.1) is 0 Å². The van der Waals surface area contributed by atoms with E-state index in [4.69, 9.17) is 0 Å². The van der Waals surface area contributed by atoms with Crippen LogP contribution in [-0.2, 0) is 0 Å². The van der Waals surface area contributed by atoms with Gasteiger partial charge in [-0.15, -0.1) is 0 Å². The molecule has 0 amide bonds. The van der Waals surface area contributed by atoms with Gasteiger partial charge in [0, 0.05) is 23.5 Å². The Labute approximate surface area is 115 Å². The van der Waals surface area contributed by atoms with Crippen molar-refractivity contribution in [1.29, 1.82) is 0 Å². The third-order valence-electron chi connectivity index (χ3n) is 3.54. The molecule has 0 bridgehead atoms. The van der Waals surface area contributed by atoms with Crippen molar-refractivity contribution in [1.82, 2.24) is 4.98 Å². The number of hydrogen-bond donors (Lipinski definition) is 0. The quantitative estimate of drug-likeness (QED) is 0.537. The molecule has 0 aliphatic rings. The van der Waals surface area contributed by atoms with Crippen LogP contribution in [0.25, 0.3) is 0 Å². The summed E-state index contributed by atoms with van der Waals surface area (Å²) in [6.07, 6.45) is 6.95. The minimum Gasteiger partial charge on any atom is -0.619 e. The van der Waals surface area contributed by atoms with E-state index < -0.39 is 0 Å². The maximum atomic E-state index is 10.8. The van der Waals surface area contributed by atoms with Crippen molar-refractivity contribution in [3.63, 3.8) is 0 Å². The first-order chi connectivity index (χ1) is 8.82. The SMILES string of the molecule is Cc1c[n+]([O-])cc(C)c1C.Cc1cncc(C)c1C. The number of nitrogens with zero attached hydrogens (tertiary/aromatic N) is 2. The number of aryl methyl sites for hydroxylation is 4. The molecule has 2 rings (SSSR count). The first-order valence-electron chi connectivity index (χ1n) is 6.37. The van der Waals surface area contributed by atoms with E-state index in [9.17, 15) is 5.21 Å². The Morgan fingerprint density at radius 3 is 1.47 bits per heavy atom. The first-order valence-corrected chi connectivity index (χ1v) is 6.37. The summed E-state index contributed by atoms with van der Waals surface area (Å²) in [7, 11) is 0. The Kier molecular flexibility index (Phi) is 5.04. The predicted molar refractivity (Wildman–Crippen MR) is 78.1 cm³/mol. The molecule has 0 spiro atoms. The fourth-order valence-electron chi connectivity index (χ4n) is 1.69. The van der Waals surface area contributed by atoms with Crippen molar-refractivity contribution in [3.8, 4) is 0 Å². The minimum atomic E-state index is 0.845. The van der Waals surface area contributed by atoms with Crippen LogP contribution < -0.4 is 4.73 Å². The zero-order valence-corrected chi connectivity index (χ0v) is 12.6. The Hall–Kier alpha value is -1.90. The lowest BCUT2D eigenvalue weighted by Gasteiger charge is -2.02. The van der Waals surface area contributed by atoms with E-state index in [1.807, 2.05) is 33.2 Å². The Morgan fingerprint density at radius 1 is 0.737 bits per heavy atom. The maximum Gasteiger partial charge on any atom is 0.183 e. The van der Waals surface area contributed by atoms with Crippen LogP contribution in [0.15, 0.2) is 24.8 Å². The highest BCUT2D eigenvalue weighted by Crippen LogP contribution is 2.08. The van der Waals surface area contributed by atoms with Crippen molar-refractivity contribution >= 4 is 0 Å². The van der Waals surface area contributed by atoms with Crippen LogP contribution >= 0.6 is 0 Å². The molecule has 19 heavy (non-hydrogen) atoms. The fraction of sp³-hybridized carbons (Fsp3) is 0.375. The van der Waals surface area contributed by atoms with Gasteiger partial charge in [-0.1, -0.05) is 0 Å². The third-order valence-corrected chi connectivity index (χ3v) is 3.54. The molecule has 0 saturated heterocycles. The number of hydrogen-bond acceptors (Lipinski definition) is 2. The largest absolute Gasteiger partial charge is 0.619 e. The molecule has 0 aromatic carbocycles. The summed E-state index contributed by atoms with van der Waals surface area (Å²) in [4.78, 5) is 4.04. The van der Waals surface area contributed by atoms with Crippen molar-refractivity contribution in [2.24, 2.45) is 0 Å². The average Bonchev–Trinajstić information content (AvgIpc) is 2.33. The second-order valence-electron chi connectivity index (χ2n) is 5.01. The van der Waals surface area contributed by atoms with Gasteiger partial charge in [0.15, 0.2) is 12.4 Å². The van der Waals surface area contributed by atoms with E-state index in [1.54, 1.807) is 12.4 Å². The van der Waals surface area contributed by atoms with Crippen LogP contribution in [0, 0.1) is 46.7 Å². The smallest absolute Gasteiger partial charge is 0.183 e. The molecule has 2 heterocycles. The van der Waals surface area contributed by atoms with Gasteiger partial charge in [-0.3, -0.25) is 4.98 Å². The van der Waals surface area contributed by atoms with Crippen LogP contribution in [0.4, 0.5) is 0 Å². The first kappa shape index (κ1) is 15.2. The zero-order chi connectivity index (χ0) is 14.6. The van der Waals surface area contributed by atoms with Crippen LogP contribution in [0.1, 0.15) is 33.4 Å². The molecule has 0 atom stereocenters. The van der Waals surface area contributed by atoms with E-state index in [2.05, 4.69) is 25.8 Å². The lowest BCUT2D eigenvalue weighted by Crippen LogP contribution is -2.26. The molecule has 0 fully saturated rings. The molecule has 2 aromatic heterocycles. The third kappa shape index (κ3) is 4.05. The molecular formula is C16H22N2O. The number of aromatic nitrogens is 2. The summed E-state index contributed by atoms with van der Waals surface area (Å²) in [5, 5.41) is 10.8. The van der Waals surface area contributed by atoms with E-state index in [-0.39, 0.29) is 0 Å². The van der Waals surface area contributed by atoms with Crippen molar-refractivity contribution in [3.05, 3.63) is 63.4 Å². The number of pyridine rings is 2. The molecule has 2 aromatic rings. The second kappa shape index (κ2) is 6.32. The highest BCUT2D eigenvalue weighted by molar-refractivity contribution is 5.27. The standard InChI is InChI=1S/C8H11NO.C8H11N/c1-6-4-9(10)5-7(2)8(6)3;1-6-4-9-5-7(2)8(6)3/h4-5H,1-3H3;4-5H,1-3H3. The monoisotopic (exact) mass is 258 g/mol.